The molecule has 0 saturated heterocycles. The van der Waals surface area contributed by atoms with Gasteiger partial charge in [-0.25, -0.2) is 19.9 Å². The van der Waals surface area contributed by atoms with Crippen molar-refractivity contribution in [3.05, 3.63) is 170 Å². The first kappa shape index (κ1) is 31.6. The van der Waals surface area contributed by atoms with Crippen molar-refractivity contribution in [3.63, 3.8) is 0 Å². The largest absolute Gasteiger partial charge is 0.254 e. The molecule has 11 rings (SSSR count). The van der Waals surface area contributed by atoms with Crippen LogP contribution in [-0.4, -0.2) is 29.9 Å². The average molecular weight is 714 g/mol. The third-order valence-electron chi connectivity index (χ3n) is 10.5. The van der Waals surface area contributed by atoms with E-state index in [4.69, 9.17) is 19.9 Å². The first-order chi connectivity index (χ1) is 27.6. The van der Waals surface area contributed by atoms with Gasteiger partial charge in [-0.05, 0) is 60.7 Å². The van der Waals surface area contributed by atoms with Crippen LogP contribution in [0.2, 0.25) is 0 Å². The summed E-state index contributed by atoms with van der Waals surface area (Å²) >= 11 is 0. The lowest BCUT2D eigenvalue weighted by Crippen LogP contribution is -1.93. The Hall–Kier alpha value is -7.95. The van der Waals surface area contributed by atoms with E-state index in [0.29, 0.717) is 5.56 Å². The van der Waals surface area contributed by atoms with Gasteiger partial charge in [-0.3, -0.25) is 9.97 Å². The molecule has 0 saturated carbocycles. The van der Waals surface area contributed by atoms with E-state index < -0.39 is 0 Å². The second-order valence-electron chi connectivity index (χ2n) is 13.9. The molecule has 56 heavy (non-hydrogen) atoms. The summed E-state index contributed by atoms with van der Waals surface area (Å²) in [5.41, 5.74) is 12.4. The molecule has 258 valence electrons. The van der Waals surface area contributed by atoms with Crippen LogP contribution in [0.15, 0.2) is 164 Å². The second kappa shape index (κ2) is 12.6. The Bertz CT molecular complexity index is 3460. The number of fused-ring (bicyclic) bond motifs is 9. The topological polar surface area (TPSA) is 101 Å². The van der Waals surface area contributed by atoms with Crippen LogP contribution in [0.5, 0.6) is 0 Å². The molecule has 0 N–H and O–H groups in total. The van der Waals surface area contributed by atoms with Crippen LogP contribution in [0.1, 0.15) is 5.56 Å². The zero-order valence-electron chi connectivity index (χ0n) is 29.7. The van der Waals surface area contributed by atoms with Crippen molar-refractivity contribution >= 4 is 65.4 Å². The lowest BCUT2D eigenvalue weighted by atomic mass is 9.99. The number of hydrogen-bond donors (Lipinski definition) is 0. The van der Waals surface area contributed by atoms with E-state index in [9.17, 15) is 5.26 Å². The molecule has 6 heterocycles. The van der Waals surface area contributed by atoms with Crippen molar-refractivity contribution in [2.45, 2.75) is 0 Å². The maximum Gasteiger partial charge on any atom is 0.0992 e. The average Bonchev–Trinajstić information content (AvgIpc) is 3.28. The molecule has 7 heteroatoms. The summed E-state index contributed by atoms with van der Waals surface area (Å²) in [4.78, 5) is 29.8. The lowest BCUT2D eigenvalue weighted by molar-refractivity contribution is 1.35. The van der Waals surface area contributed by atoms with Crippen molar-refractivity contribution in [2.75, 3.05) is 0 Å². The van der Waals surface area contributed by atoms with Gasteiger partial charge in [0.1, 0.15) is 0 Å². The summed E-state index contributed by atoms with van der Waals surface area (Å²) in [7, 11) is 0. The summed E-state index contributed by atoms with van der Waals surface area (Å²) in [5.74, 6) is 0. The third kappa shape index (κ3) is 5.28. The number of pyridine rings is 6. The minimum atomic E-state index is 0.529. The molecule has 0 atom stereocenters. The summed E-state index contributed by atoms with van der Waals surface area (Å²) in [5, 5.41) is 16.2. The molecule has 11 aromatic rings. The van der Waals surface area contributed by atoms with E-state index in [1.54, 1.807) is 6.20 Å². The summed E-state index contributed by atoms with van der Waals surface area (Å²) in [6.45, 7) is 0. The zero-order valence-corrected chi connectivity index (χ0v) is 29.7. The van der Waals surface area contributed by atoms with E-state index in [1.807, 2.05) is 54.7 Å². The maximum atomic E-state index is 10.1. The molecular weight excluding hydrogens is 687 g/mol. The van der Waals surface area contributed by atoms with Gasteiger partial charge in [-0.1, -0.05) is 91.0 Å². The Labute approximate surface area is 320 Å². The van der Waals surface area contributed by atoms with Gasteiger partial charge in [0.25, 0.3) is 0 Å². The highest BCUT2D eigenvalue weighted by Gasteiger charge is 2.14. The summed E-state index contributed by atoms with van der Waals surface area (Å²) < 4.78 is 0. The summed E-state index contributed by atoms with van der Waals surface area (Å²) in [6, 6.07) is 53.4. The first-order valence-corrected chi connectivity index (χ1v) is 18.3. The van der Waals surface area contributed by atoms with E-state index in [0.717, 1.165) is 110 Å². The Balaban J connectivity index is 1.00. The number of nitrogens with zero attached hydrogens (tertiary/aromatic N) is 7. The minimum absolute atomic E-state index is 0.529. The number of rotatable bonds is 4. The maximum absolute atomic E-state index is 10.1. The number of aromatic nitrogens is 6. The molecule has 0 aliphatic heterocycles. The van der Waals surface area contributed by atoms with E-state index in [1.165, 1.54) is 0 Å². The Morgan fingerprint density at radius 1 is 0.321 bits per heavy atom. The molecule has 5 aromatic carbocycles. The van der Waals surface area contributed by atoms with Crippen molar-refractivity contribution in [3.8, 4) is 51.1 Å². The van der Waals surface area contributed by atoms with Gasteiger partial charge in [-0.2, -0.15) is 5.26 Å². The minimum Gasteiger partial charge on any atom is -0.254 e. The molecule has 0 bridgehead atoms. The molecule has 6 aromatic heterocycles. The van der Waals surface area contributed by atoms with Crippen molar-refractivity contribution in [1.29, 1.82) is 5.26 Å². The summed E-state index contributed by atoms with van der Waals surface area (Å²) in [6.07, 6.45) is 3.60. The van der Waals surface area contributed by atoms with E-state index >= 15 is 0 Å². The number of hydrogen-bond acceptors (Lipinski definition) is 7. The molecular formula is C49H27N7. The van der Waals surface area contributed by atoms with Crippen molar-refractivity contribution in [2.24, 2.45) is 0 Å². The third-order valence-corrected chi connectivity index (χ3v) is 10.5. The Morgan fingerprint density at radius 3 is 1.07 bits per heavy atom. The Kier molecular flexibility index (Phi) is 7.09. The van der Waals surface area contributed by atoms with Crippen molar-refractivity contribution in [1.82, 2.24) is 29.9 Å². The predicted octanol–water partition coefficient (Wildman–Crippen LogP) is 11.5. The van der Waals surface area contributed by atoms with Crippen LogP contribution in [0, 0.1) is 11.3 Å². The second-order valence-corrected chi connectivity index (χ2v) is 13.9. The molecule has 7 nitrogen and oxygen atoms in total. The molecule has 0 spiro atoms. The highest BCUT2D eigenvalue weighted by Crippen LogP contribution is 2.34. The van der Waals surface area contributed by atoms with Gasteiger partial charge in [0, 0.05) is 67.0 Å². The normalized spacial score (nSPS) is 11.6. The SMILES string of the molecule is N#Cc1cc(-c2ccc3ccc4cccnc4c3n2)cc(-c2ccc3ccc4ccc(-c5cccc(-c6ccc7ccc8cccnc8c7n6)c5)nc4c3n2)c1. The van der Waals surface area contributed by atoms with Gasteiger partial charge in [0.15, 0.2) is 0 Å². The predicted molar refractivity (Wildman–Crippen MR) is 225 cm³/mol. The molecule has 0 aliphatic rings. The van der Waals surface area contributed by atoms with Crippen LogP contribution < -0.4 is 0 Å². The molecule has 0 amide bonds. The van der Waals surface area contributed by atoms with Gasteiger partial charge in [0.05, 0.1) is 67.5 Å². The monoisotopic (exact) mass is 713 g/mol. The molecule has 0 fully saturated rings. The Morgan fingerprint density at radius 2 is 0.661 bits per heavy atom. The van der Waals surface area contributed by atoms with Crippen molar-refractivity contribution < 1.29 is 0 Å². The van der Waals surface area contributed by atoms with E-state index in [2.05, 4.69) is 119 Å². The standard InChI is InChI=1S/C49H27N7/c50-28-29-24-38(42-20-16-33-11-9-31-7-3-23-52-45(31)47(33)55-42)27-39(25-29)43-21-17-35-13-12-34-15-19-41(54-48(34)49(35)56-43)37-5-1-4-36(26-37)40-18-14-32-10-8-30-6-2-22-51-44(30)46(32)53-40/h1-27H. The van der Waals surface area contributed by atoms with E-state index in [-0.39, 0.29) is 0 Å². The number of nitriles is 1. The van der Waals surface area contributed by atoms with Crippen LogP contribution in [0.3, 0.4) is 0 Å². The van der Waals surface area contributed by atoms with Crippen LogP contribution in [0.4, 0.5) is 0 Å². The smallest absolute Gasteiger partial charge is 0.0992 e. The highest BCUT2D eigenvalue weighted by atomic mass is 14.8. The van der Waals surface area contributed by atoms with Crippen LogP contribution >= 0.6 is 0 Å². The zero-order chi connectivity index (χ0) is 37.2. The number of benzene rings is 5. The fourth-order valence-corrected chi connectivity index (χ4v) is 7.68. The van der Waals surface area contributed by atoms with Gasteiger partial charge in [-0.15, -0.1) is 0 Å². The molecule has 0 radical (unpaired) electrons. The van der Waals surface area contributed by atoms with Crippen LogP contribution in [0.25, 0.3) is 110 Å². The first-order valence-electron chi connectivity index (χ1n) is 18.3. The molecule has 0 aliphatic carbocycles. The molecule has 0 unspecified atom stereocenters. The lowest BCUT2D eigenvalue weighted by Gasteiger charge is -2.11. The van der Waals surface area contributed by atoms with Gasteiger partial charge in [0.2, 0.25) is 0 Å². The fourth-order valence-electron chi connectivity index (χ4n) is 7.68. The van der Waals surface area contributed by atoms with Crippen LogP contribution in [-0.2, 0) is 0 Å². The quantitative estimate of drug-likeness (QED) is 0.167. The fraction of sp³-hybridized carbons (Fsp3) is 0. The van der Waals surface area contributed by atoms with Gasteiger partial charge >= 0.3 is 0 Å². The highest BCUT2D eigenvalue weighted by molar-refractivity contribution is 6.06. The van der Waals surface area contributed by atoms with Gasteiger partial charge < -0.3 is 0 Å².